The lowest BCUT2D eigenvalue weighted by Crippen LogP contribution is -2.49. The lowest BCUT2D eigenvalue weighted by Gasteiger charge is -2.21. The van der Waals surface area contributed by atoms with Crippen LogP contribution in [0.3, 0.4) is 0 Å². The minimum absolute atomic E-state index is 0.0982. The third kappa shape index (κ3) is 6.10. The van der Waals surface area contributed by atoms with Gasteiger partial charge in [-0.3, -0.25) is 9.59 Å². The van der Waals surface area contributed by atoms with Crippen LogP contribution >= 0.6 is 0 Å². The van der Waals surface area contributed by atoms with Crippen LogP contribution < -0.4 is 10.6 Å². The zero-order chi connectivity index (χ0) is 12.0. The van der Waals surface area contributed by atoms with E-state index in [0.29, 0.717) is 12.5 Å². The molecular formula is C11H22N2O2. The van der Waals surface area contributed by atoms with Crippen molar-refractivity contribution in [2.45, 2.75) is 40.7 Å². The molecule has 0 spiro atoms. The Labute approximate surface area is 91.8 Å². The zero-order valence-corrected chi connectivity index (χ0v) is 10.3. The quantitative estimate of drug-likeness (QED) is 0.715. The lowest BCUT2D eigenvalue weighted by atomic mass is 10.0. The molecule has 0 aliphatic rings. The smallest absolute Gasteiger partial charge is 0.242 e. The van der Waals surface area contributed by atoms with Crippen molar-refractivity contribution >= 4 is 11.8 Å². The van der Waals surface area contributed by atoms with Crippen molar-refractivity contribution in [3.05, 3.63) is 0 Å². The maximum absolute atomic E-state index is 11.7. The summed E-state index contributed by atoms with van der Waals surface area (Å²) in [6.45, 7) is 9.95. The van der Waals surface area contributed by atoms with E-state index in [1.165, 1.54) is 6.92 Å². The summed E-state index contributed by atoms with van der Waals surface area (Å²) in [6.07, 6.45) is 0. The Hall–Kier alpha value is -1.06. The number of hydrogen-bond acceptors (Lipinski definition) is 2. The molecule has 0 aromatic heterocycles. The molecular weight excluding hydrogens is 192 g/mol. The van der Waals surface area contributed by atoms with Crippen LogP contribution in [0.1, 0.15) is 34.6 Å². The predicted molar refractivity (Wildman–Crippen MR) is 60.3 cm³/mol. The van der Waals surface area contributed by atoms with Gasteiger partial charge in [-0.2, -0.15) is 0 Å². The fraction of sp³-hybridized carbons (Fsp3) is 0.818. The van der Waals surface area contributed by atoms with Crippen molar-refractivity contribution in [2.24, 2.45) is 11.8 Å². The van der Waals surface area contributed by atoms with E-state index < -0.39 is 6.04 Å². The molecule has 0 radical (unpaired) electrons. The number of carbonyl (C=O) groups excluding carboxylic acids is 2. The Morgan fingerprint density at radius 3 is 2.00 bits per heavy atom. The highest BCUT2D eigenvalue weighted by molar-refractivity contribution is 5.86. The van der Waals surface area contributed by atoms with Gasteiger partial charge in [0.25, 0.3) is 0 Å². The van der Waals surface area contributed by atoms with Gasteiger partial charge in [-0.25, -0.2) is 0 Å². The number of nitrogens with one attached hydrogen (secondary N) is 2. The van der Waals surface area contributed by atoms with Crippen molar-refractivity contribution in [2.75, 3.05) is 6.54 Å². The largest absolute Gasteiger partial charge is 0.354 e. The molecule has 4 heteroatoms. The lowest BCUT2D eigenvalue weighted by molar-refractivity contribution is -0.129. The van der Waals surface area contributed by atoms with Crippen molar-refractivity contribution in [3.8, 4) is 0 Å². The van der Waals surface area contributed by atoms with Gasteiger partial charge in [0.05, 0.1) is 0 Å². The second kappa shape index (κ2) is 6.43. The summed E-state index contributed by atoms with van der Waals surface area (Å²) in [7, 11) is 0. The predicted octanol–water partition coefficient (Wildman–Crippen LogP) is 0.919. The first kappa shape index (κ1) is 13.9. The van der Waals surface area contributed by atoms with E-state index in [0.717, 1.165) is 0 Å². The molecule has 0 rings (SSSR count). The summed E-state index contributed by atoms with van der Waals surface area (Å²) in [5, 5.41) is 5.47. The molecule has 2 amide bonds. The summed E-state index contributed by atoms with van der Waals surface area (Å²) < 4.78 is 0. The number of amides is 2. The van der Waals surface area contributed by atoms with Gasteiger partial charge in [-0.05, 0) is 11.8 Å². The molecule has 2 N–H and O–H groups in total. The fourth-order valence-electron chi connectivity index (χ4n) is 1.17. The molecule has 0 aromatic carbocycles. The fourth-order valence-corrected chi connectivity index (χ4v) is 1.17. The van der Waals surface area contributed by atoms with Crippen LogP contribution in [0.15, 0.2) is 0 Å². The van der Waals surface area contributed by atoms with Crippen LogP contribution in [-0.2, 0) is 9.59 Å². The Kier molecular flexibility index (Phi) is 5.97. The maximum Gasteiger partial charge on any atom is 0.242 e. The highest BCUT2D eigenvalue weighted by Crippen LogP contribution is 2.02. The molecule has 0 saturated carbocycles. The minimum Gasteiger partial charge on any atom is -0.354 e. The minimum atomic E-state index is -0.429. The van der Waals surface area contributed by atoms with Crippen molar-refractivity contribution in [1.82, 2.24) is 10.6 Å². The standard InChI is InChI=1S/C11H22N2O2/c1-7(2)6-12-11(15)10(8(3)4)13-9(5)14/h7-8,10H,6H2,1-5H3,(H,12,15)(H,13,14). The van der Waals surface area contributed by atoms with Gasteiger partial charge in [0.15, 0.2) is 0 Å². The summed E-state index contributed by atoms with van der Waals surface area (Å²) >= 11 is 0. The van der Waals surface area contributed by atoms with Crippen LogP contribution in [0.25, 0.3) is 0 Å². The molecule has 1 unspecified atom stereocenters. The molecule has 15 heavy (non-hydrogen) atoms. The van der Waals surface area contributed by atoms with Gasteiger partial charge in [-0.1, -0.05) is 27.7 Å². The second-order valence-corrected chi connectivity index (χ2v) is 4.56. The Morgan fingerprint density at radius 1 is 1.13 bits per heavy atom. The highest BCUT2D eigenvalue weighted by Gasteiger charge is 2.22. The summed E-state index contributed by atoms with van der Waals surface area (Å²) in [5.74, 6) is 0.238. The number of carbonyl (C=O) groups is 2. The van der Waals surface area contributed by atoms with Crippen molar-refractivity contribution in [1.29, 1.82) is 0 Å². The second-order valence-electron chi connectivity index (χ2n) is 4.56. The van der Waals surface area contributed by atoms with Gasteiger partial charge in [0, 0.05) is 13.5 Å². The zero-order valence-electron chi connectivity index (χ0n) is 10.3. The number of hydrogen-bond donors (Lipinski definition) is 2. The van der Waals surface area contributed by atoms with E-state index in [1.807, 2.05) is 27.7 Å². The van der Waals surface area contributed by atoms with E-state index in [-0.39, 0.29) is 17.7 Å². The first-order chi connectivity index (χ1) is 6.84. The summed E-state index contributed by atoms with van der Waals surface area (Å²) in [6, 6.07) is -0.429. The van der Waals surface area contributed by atoms with Crippen LogP contribution in [0.4, 0.5) is 0 Å². The monoisotopic (exact) mass is 214 g/mol. The molecule has 0 aliphatic heterocycles. The number of rotatable bonds is 5. The van der Waals surface area contributed by atoms with Gasteiger partial charge < -0.3 is 10.6 Å². The van der Waals surface area contributed by atoms with Gasteiger partial charge >= 0.3 is 0 Å². The molecule has 0 fully saturated rings. The molecule has 0 bridgehead atoms. The molecule has 0 heterocycles. The van der Waals surface area contributed by atoms with E-state index in [2.05, 4.69) is 10.6 Å². The Balaban J connectivity index is 4.23. The van der Waals surface area contributed by atoms with E-state index in [9.17, 15) is 9.59 Å². The van der Waals surface area contributed by atoms with E-state index >= 15 is 0 Å². The molecule has 88 valence electrons. The average molecular weight is 214 g/mol. The average Bonchev–Trinajstić information content (AvgIpc) is 2.09. The maximum atomic E-state index is 11.7. The molecule has 0 saturated heterocycles. The highest BCUT2D eigenvalue weighted by atomic mass is 16.2. The molecule has 0 aromatic rings. The Morgan fingerprint density at radius 2 is 1.67 bits per heavy atom. The first-order valence-corrected chi connectivity index (χ1v) is 5.39. The van der Waals surface area contributed by atoms with Crippen LogP contribution in [0.2, 0.25) is 0 Å². The third-order valence-corrected chi connectivity index (χ3v) is 1.99. The molecule has 1 atom stereocenters. The summed E-state index contributed by atoms with van der Waals surface area (Å²) in [4.78, 5) is 22.6. The van der Waals surface area contributed by atoms with Gasteiger partial charge in [0.1, 0.15) is 6.04 Å². The third-order valence-electron chi connectivity index (χ3n) is 1.99. The van der Waals surface area contributed by atoms with Gasteiger partial charge in [-0.15, -0.1) is 0 Å². The summed E-state index contributed by atoms with van der Waals surface area (Å²) in [5.41, 5.74) is 0. The normalized spacial score (nSPS) is 12.7. The molecule has 4 nitrogen and oxygen atoms in total. The van der Waals surface area contributed by atoms with Crippen LogP contribution in [-0.4, -0.2) is 24.4 Å². The SMILES string of the molecule is CC(=O)NC(C(=O)NCC(C)C)C(C)C. The van der Waals surface area contributed by atoms with E-state index in [1.54, 1.807) is 0 Å². The van der Waals surface area contributed by atoms with E-state index in [4.69, 9.17) is 0 Å². The van der Waals surface area contributed by atoms with Gasteiger partial charge in [0.2, 0.25) is 11.8 Å². The van der Waals surface area contributed by atoms with Crippen LogP contribution in [0.5, 0.6) is 0 Å². The van der Waals surface area contributed by atoms with Crippen LogP contribution in [0, 0.1) is 11.8 Å². The first-order valence-electron chi connectivity index (χ1n) is 5.39. The molecule has 0 aliphatic carbocycles. The van der Waals surface area contributed by atoms with Crippen molar-refractivity contribution in [3.63, 3.8) is 0 Å². The topological polar surface area (TPSA) is 58.2 Å². The Bertz CT molecular complexity index is 225. The van der Waals surface area contributed by atoms with Crippen molar-refractivity contribution < 1.29 is 9.59 Å².